The number of carbonyl (C=O) groups excluding carboxylic acids is 1. The second-order valence-corrected chi connectivity index (χ2v) is 9.81. The number of benzene rings is 1. The van der Waals surface area contributed by atoms with Crippen molar-refractivity contribution >= 4 is 39.8 Å². The largest absolute Gasteiger partial charge is 0.494 e. The molecule has 3 heterocycles. The SMILES string of the molecule is CCCCCCCC1=NN2C(=N)/C(=C\c3cc(C)n(-c4ccc(OCC)cc4)c3C)C(=O)N=C2S1. The van der Waals surface area contributed by atoms with Crippen LogP contribution in [0.25, 0.3) is 11.8 Å². The van der Waals surface area contributed by atoms with Crippen LogP contribution in [0.4, 0.5) is 0 Å². The van der Waals surface area contributed by atoms with Gasteiger partial charge >= 0.3 is 0 Å². The van der Waals surface area contributed by atoms with Gasteiger partial charge in [-0.1, -0.05) is 32.6 Å². The van der Waals surface area contributed by atoms with Crippen molar-refractivity contribution in [2.24, 2.45) is 10.1 Å². The number of thioether (sulfide) groups is 1. The van der Waals surface area contributed by atoms with Gasteiger partial charge < -0.3 is 9.30 Å². The van der Waals surface area contributed by atoms with E-state index in [2.05, 4.69) is 21.6 Å². The Balaban J connectivity index is 1.54. The van der Waals surface area contributed by atoms with Gasteiger partial charge in [-0.05, 0) is 87.3 Å². The third-order valence-corrected chi connectivity index (χ3v) is 7.13. The number of unbranched alkanes of at least 4 members (excludes halogenated alkanes) is 4. The molecule has 0 atom stereocenters. The number of carbonyl (C=O) groups is 1. The first-order valence-corrected chi connectivity index (χ1v) is 13.2. The fourth-order valence-electron chi connectivity index (χ4n) is 4.36. The molecule has 7 nitrogen and oxygen atoms in total. The molecule has 1 aromatic carbocycles. The highest BCUT2D eigenvalue weighted by atomic mass is 32.2. The number of ether oxygens (including phenoxy) is 1. The van der Waals surface area contributed by atoms with Gasteiger partial charge in [-0.25, -0.2) is 0 Å². The lowest BCUT2D eigenvalue weighted by atomic mass is 10.1. The molecule has 0 saturated carbocycles. The number of rotatable bonds is 10. The lowest BCUT2D eigenvalue weighted by Crippen LogP contribution is -2.35. The molecule has 35 heavy (non-hydrogen) atoms. The predicted molar refractivity (Wildman–Crippen MR) is 145 cm³/mol. The molecule has 2 aliphatic heterocycles. The van der Waals surface area contributed by atoms with Crippen molar-refractivity contribution in [1.82, 2.24) is 9.58 Å². The topological polar surface area (TPSA) is 83.0 Å². The molecular weight excluding hydrogens is 458 g/mol. The summed E-state index contributed by atoms with van der Waals surface area (Å²) in [6.07, 6.45) is 8.56. The summed E-state index contributed by atoms with van der Waals surface area (Å²) in [5, 5.41) is 16.2. The van der Waals surface area contributed by atoms with Gasteiger partial charge in [-0.15, -0.1) is 0 Å². The molecule has 4 rings (SSSR count). The number of hydrogen-bond acceptors (Lipinski definition) is 5. The zero-order valence-electron chi connectivity index (χ0n) is 20.9. The summed E-state index contributed by atoms with van der Waals surface area (Å²) in [4.78, 5) is 17.1. The average Bonchev–Trinajstić information content (AvgIpc) is 3.37. The normalized spacial score (nSPS) is 16.6. The Morgan fingerprint density at radius 2 is 1.83 bits per heavy atom. The summed E-state index contributed by atoms with van der Waals surface area (Å²) in [5.41, 5.74) is 4.19. The summed E-state index contributed by atoms with van der Waals surface area (Å²) in [6.45, 7) is 8.85. The minimum absolute atomic E-state index is 0.0827. The van der Waals surface area contributed by atoms with E-state index in [1.54, 1.807) is 6.08 Å². The second kappa shape index (κ2) is 11.1. The molecule has 0 unspecified atom stereocenters. The van der Waals surface area contributed by atoms with E-state index in [-0.39, 0.29) is 17.3 Å². The molecule has 1 N–H and O–H groups in total. The maximum absolute atomic E-state index is 12.9. The van der Waals surface area contributed by atoms with Crippen molar-refractivity contribution in [2.75, 3.05) is 6.61 Å². The molecule has 0 radical (unpaired) electrons. The summed E-state index contributed by atoms with van der Waals surface area (Å²) >= 11 is 1.41. The third-order valence-electron chi connectivity index (χ3n) is 6.17. The summed E-state index contributed by atoms with van der Waals surface area (Å²) in [7, 11) is 0. The van der Waals surface area contributed by atoms with Crippen LogP contribution in [-0.2, 0) is 4.79 Å². The second-order valence-electron chi connectivity index (χ2n) is 8.77. The molecule has 0 spiro atoms. The van der Waals surface area contributed by atoms with Crippen molar-refractivity contribution in [2.45, 2.75) is 66.2 Å². The molecular formula is C27H33N5O2S. The van der Waals surface area contributed by atoms with Crippen LogP contribution in [-0.4, -0.2) is 38.1 Å². The Hall–Kier alpha value is -3.13. The average molecular weight is 492 g/mol. The van der Waals surface area contributed by atoms with Gasteiger partial charge in [-0.3, -0.25) is 10.2 Å². The zero-order chi connectivity index (χ0) is 24.9. The van der Waals surface area contributed by atoms with Crippen molar-refractivity contribution in [3.63, 3.8) is 0 Å². The number of hydrogen-bond donors (Lipinski definition) is 1. The van der Waals surface area contributed by atoms with E-state index in [9.17, 15) is 4.79 Å². The van der Waals surface area contributed by atoms with E-state index in [1.807, 2.05) is 51.1 Å². The van der Waals surface area contributed by atoms with Gasteiger partial charge in [0, 0.05) is 17.1 Å². The van der Waals surface area contributed by atoms with Crippen LogP contribution in [0, 0.1) is 19.3 Å². The molecule has 0 saturated heterocycles. The Labute approximate surface area is 211 Å². The molecule has 0 fully saturated rings. The van der Waals surface area contributed by atoms with Crippen molar-refractivity contribution in [1.29, 1.82) is 5.41 Å². The standard InChI is InChI=1S/C27H33N5O2S/c1-5-7-8-9-10-11-24-30-32-25(28)23(26(33)29-27(32)35-24)17-20-16-18(3)31(19(20)4)21-12-14-22(15-13-21)34-6-2/h12-17,28H,5-11H2,1-4H3/b23-17+,28-25?. The first kappa shape index (κ1) is 25.0. The number of nitrogens with one attached hydrogen (secondary N) is 1. The fraction of sp³-hybridized carbons (Fsp3) is 0.407. The Kier molecular flexibility index (Phi) is 7.90. The van der Waals surface area contributed by atoms with Gasteiger partial charge in [0.05, 0.1) is 12.2 Å². The van der Waals surface area contributed by atoms with E-state index in [1.165, 1.54) is 42.5 Å². The Bertz CT molecular complexity index is 1210. The van der Waals surface area contributed by atoms with Crippen LogP contribution in [0.3, 0.4) is 0 Å². The van der Waals surface area contributed by atoms with Gasteiger partial charge in [0.1, 0.15) is 10.8 Å². The fourth-order valence-corrected chi connectivity index (χ4v) is 5.28. The third kappa shape index (κ3) is 5.42. The van der Waals surface area contributed by atoms with Crippen molar-refractivity contribution in [3.05, 3.63) is 52.9 Å². The van der Waals surface area contributed by atoms with Gasteiger partial charge in [0.25, 0.3) is 5.91 Å². The van der Waals surface area contributed by atoms with Crippen LogP contribution < -0.4 is 4.74 Å². The number of amides is 1. The first-order chi connectivity index (χ1) is 16.9. The highest BCUT2D eigenvalue weighted by molar-refractivity contribution is 8.26. The number of aliphatic imine (C=N–C) groups is 1. The van der Waals surface area contributed by atoms with Gasteiger partial charge in [0.2, 0.25) is 5.17 Å². The molecule has 8 heteroatoms. The molecule has 1 amide bonds. The number of fused-ring (bicyclic) bond motifs is 1. The van der Waals surface area contributed by atoms with Crippen LogP contribution >= 0.6 is 11.8 Å². The zero-order valence-corrected chi connectivity index (χ0v) is 21.7. The van der Waals surface area contributed by atoms with Crippen LogP contribution in [0.1, 0.15) is 69.3 Å². The predicted octanol–water partition coefficient (Wildman–Crippen LogP) is 6.47. The Morgan fingerprint density at radius 1 is 1.09 bits per heavy atom. The minimum Gasteiger partial charge on any atom is -0.494 e. The number of nitrogens with zero attached hydrogens (tertiary/aromatic N) is 4. The maximum Gasteiger partial charge on any atom is 0.283 e. The molecule has 0 bridgehead atoms. The lowest BCUT2D eigenvalue weighted by molar-refractivity contribution is -0.114. The van der Waals surface area contributed by atoms with Crippen LogP contribution in [0.2, 0.25) is 0 Å². The number of aromatic nitrogens is 1. The molecule has 2 aromatic rings. The first-order valence-electron chi connectivity index (χ1n) is 12.3. The number of aryl methyl sites for hydroxylation is 1. The lowest BCUT2D eigenvalue weighted by Gasteiger charge is -2.20. The molecule has 0 aliphatic carbocycles. The highest BCUT2D eigenvalue weighted by Crippen LogP contribution is 2.31. The van der Waals surface area contributed by atoms with E-state index < -0.39 is 0 Å². The maximum atomic E-state index is 12.9. The molecule has 2 aliphatic rings. The van der Waals surface area contributed by atoms with Gasteiger partial charge in [0.15, 0.2) is 5.84 Å². The van der Waals surface area contributed by atoms with E-state index in [0.29, 0.717) is 11.8 Å². The highest BCUT2D eigenvalue weighted by Gasteiger charge is 2.35. The quantitative estimate of drug-likeness (QED) is 0.305. The van der Waals surface area contributed by atoms with E-state index in [0.717, 1.165) is 46.3 Å². The van der Waals surface area contributed by atoms with Crippen molar-refractivity contribution in [3.8, 4) is 11.4 Å². The molecule has 1 aromatic heterocycles. The summed E-state index contributed by atoms with van der Waals surface area (Å²) in [5.74, 6) is 0.527. The Morgan fingerprint density at radius 3 is 2.54 bits per heavy atom. The van der Waals surface area contributed by atoms with Gasteiger partial charge in [-0.2, -0.15) is 15.1 Å². The van der Waals surface area contributed by atoms with Crippen molar-refractivity contribution < 1.29 is 9.53 Å². The number of hydrazone groups is 1. The monoisotopic (exact) mass is 491 g/mol. The minimum atomic E-state index is -0.390. The molecule has 184 valence electrons. The van der Waals surface area contributed by atoms with Crippen LogP contribution in [0.15, 0.2) is 46.0 Å². The summed E-state index contributed by atoms with van der Waals surface area (Å²) < 4.78 is 7.69. The number of amidine groups is 2. The summed E-state index contributed by atoms with van der Waals surface area (Å²) in [6, 6.07) is 9.98. The van der Waals surface area contributed by atoms with E-state index in [4.69, 9.17) is 10.1 Å². The van der Waals surface area contributed by atoms with E-state index >= 15 is 0 Å². The smallest absolute Gasteiger partial charge is 0.283 e. The van der Waals surface area contributed by atoms with Crippen LogP contribution in [0.5, 0.6) is 5.75 Å².